The van der Waals surface area contributed by atoms with Crippen LogP contribution in [0.25, 0.3) is 5.65 Å². The number of aromatic nitrogens is 4. The van der Waals surface area contributed by atoms with Gasteiger partial charge in [0.15, 0.2) is 5.65 Å². The van der Waals surface area contributed by atoms with E-state index in [0.29, 0.717) is 11.5 Å². The Labute approximate surface area is 117 Å². The number of nitrogens with zero attached hydrogens (tertiary/aromatic N) is 3. The van der Waals surface area contributed by atoms with Gasteiger partial charge in [-0.05, 0) is 33.6 Å². The average molecular weight is 279 g/mol. The summed E-state index contributed by atoms with van der Waals surface area (Å²) >= 11 is 0. The van der Waals surface area contributed by atoms with Gasteiger partial charge >= 0.3 is 5.69 Å². The van der Waals surface area contributed by atoms with Crippen molar-refractivity contribution < 1.29 is 4.74 Å². The zero-order valence-corrected chi connectivity index (χ0v) is 12.1. The summed E-state index contributed by atoms with van der Waals surface area (Å²) in [7, 11) is 0. The van der Waals surface area contributed by atoms with Gasteiger partial charge in [-0.1, -0.05) is 0 Å². The first-order valence-electron chi connectivity index (χ1n) is 6.88. The standard InChI is InChI=1S/C13H21N5O2/c1-9(2)20-7-5-4-6-14-11-8-12-16-17-13(19)18(12)10(3)15-11/h8-9,14H,4-7H2,1-3H3,(H,17,19). The molecule has 0 unspecified atom stereocenters. The Morgan fingerprint density at radius 1 is 1.45 bits per heavy atom. The van der Waals surface area contributed by atoms with Gasteiger partial charge in [-0.2, -0.15) is 5.10 Å². The van der Waals surface area contributed by atoms with E-state index in [-0.39, 0.29) is 11.8 Å². The lowest BCUT2D eigenvalue weighted by atomic mass is 10.3. The van der Waals surface area contributed by atoms with E-state index in [0.717, 1.165) is 31.8 Å². The molecule has 110 valence electrons. The summed E-state index contributed by atoms with van der Waals surface area (Å²) in [5.74, 6) is 1.35. The molecular formula is C13H21N5O2. The maximum Gasteiger partial charge on any atom is 0.349 e. The Morgan fingerprint density at radius 3 is 3.00 bits per heavy atom. The van der Waals surface area contributed by atoms with Crippen LogP contribution in [0, 0.1) is 6.92 Å². The summed E-state index contributed by atoms with van der Waals surface area (Å²) in [6.07, 6.45) is 2.30. The molecule has 0 saturated carbocycles. The Morgan fingerprint density at radius 2 is 2.25 bits per heavy atom. The van der Waals surface area contributed by atoms with E-state index < -0.39 is 0 Å². The van der Waals surface area contributed by atoms with Crippen molar-refractivity contribution in [2.45, 2.75) is 39.7 Å². The van der Waals surface area contributed by atoms with Crippen LogP contribution in [0.3, 0.4) is 0 Å². The van der Waals surface area contributed by atoms with Crippen molar-refractivity contribution in [1.29, 1.82) is 0 Å². The molecule has 0 aliphatic heterocycles. The molecule has 0 atom stereocenters. The Bertz CT molecular complexity index is 617. The number of aromatic amines is 1. The van der Waals surface area contributed by atoms with E-state index in [2.05, 4.69) is 20.5 Å². The summed E-state index contributed by atoms with van der Waals surface area (Å²) in [5, 5.41) is 9.59. The molecule has 0 aliphatic rings. The Balaban J connectivity index is 1.86. The van der Waals surface area contributed by atoms with Gasteiger partial charge in [0.2, 0.25) is 0 Å². The first-order chi connectivity index (χ1) is 9.58. The first kappa shape index (κ1) is 14.5. The van der Waals surface area contributed by atoms with Gasteiger partial charge in [-0.3, -0.25) is 0 Å². The summed E-state index contributed by atoms with van der Waals surface area (Å²) < 4.78 is 6.92. The zero-order chi connectivity index (χ0) is 14.5. The summed E-state index contributed by atoms with van der Waals surface area (Å²) in [5.41, 5.74) is 0.315. The number of fused-ring (bicyclic) bond motifs is 1. The number of anilines is 1. The van der Waals surface area contributed by atoms with E-state index in [1.807, 2.05) is 13.8 Å². The molecule has 0 spiro atoms. The van der Waals surface area contributed by atoms with Gasteiger partial charge in [0, 0.05) is 19.2 Å². The van der Waals surface area contributed by atoms with Crippen molar-refractivity contribution in [3.8, 4) is 0 Å². The minimum Gasteiger partial charge on any atom is -0.379 e. The minimum atomic E-state index is -0.262. The number of nitrogens with one attached hydrogen (secondary N) is 2. The third-order valence-electron chi connectivity index (χ3n) is 2.90. The molecule has 0 aliphatic carbocycles. The van der Waals surface area contributed by atoms with Gasteiger partial charge in [-0.25, -0.2) is 19.3 Å². The van der Waals surface area contributed by atoms with Gasteiger partial charge in [0.25, 0.3) is 0 Å². The number of unbranched alkanes of at least 4 members (excludes halogenated alkanes) is 1. The zero-order valence-electron chi connectivity index (χ0n) is 12.1. The fourth-order valence-electron chi connectivity index (χ4n) is 1.95. The van der Waals surface area contributed by atoms with E-state index in [4.69, 9.17) is 4.74 Å². The number of H-pyrrole nitrogens is 1. The van der Waals surface area contributed by atoms with E-state index in [9.17, 15) is 4.79 Å². The van der Waals surface area contributed by atoms with E-state index >= 15 is 0 Å². The number of hydrogen-bond donors (Lipinski definition) is 2. The molecule has 7 nitrogen and oxygen atoms in total. The maximum atomic E-state index is 11.5. The lowest BCUT2D eigenvalue weighted by Crippen LogP contribution is -2.14. The lowest BCUT2D eigenvalue weighted by Gasteiger charge is -2.09. The smallest absolute Gasteiger partial charge is 0.349 e. The van der Waals surface area contributed by atoms with Crippen LogP contribution in [0.1, 0.15) is 32.5 Å². The topological polar surface area (TPSA) is 84.3 Å². The highest BCUT2D eigenvalue weighted by atomic mass is 16.5. The second-order valence-electron chi connectivity index (χ2n) is 4.96. The lowest BCUT2D eigenvalue weighted by molar-refractivity contribution is 0.0765. The Hall–Kier alpha value is -1.89. The van der Waals surface area contributed by atoms with Crippen LogP contribution in [-0.2, 0) is 4.74 Å². The molecule has 2 aromatic rings. The van der Waals surface area contributed by atoms with Crippen molar-refractivity contribution in [2.24, 2.45) is 0 Å². The average Bonchev–Trinajstić information content (AvgIpc) is 2.75. The van der Waals surface area contributed by atoms with Gasteiger partial charge in [0.1, 0.15) is 11.6 Å². The molecule has 0 fully saturated rings. The SMILES string of the molecule is Cc1nc(NCCCCOC(C)C)cc2n[nH]c(=O)n12. The Kier molecular flexibility index (Phi) is 4.73. The monoisotopic (exact) mass is 279 g/mol. The summed E-state index contributed by atoms with van der Waals surface area (Å²) in [4.78, 5) is 15.8. The third kappa shape index (κ3) is 3.57. The normalized spacial score (nSPS) is 11.4. The molecule has 0 saturated heterocycles. The maximum absolute atomic E-state index is 11.5. The van der Waals surface area contributed by atoms with Crippen LogP contribution in [-0.4, -0.2) is 38.8 Å². The molecule has 2 rings (SSSR count). The van der Waals surface area contributed by atoms with Crippen LogP contribution in [0.5, 0.6) is 0 Å². The van der Waals surface area contributed by atoms with E-state index in [1.54, 1.807) is 13.0 Å². The van der Waals surface area contributed by atoms with Gasteiger partial charge < -0.3 is 10.1 Å². The van der Waals surface area contributed by atoms with Crippen LogP contribution >= 0.6 is 0 Å². The van der Waals surface area contributed by atoms with Gasteiger partial charge in [-0.15, -0.1) is 0 Å². The molecule has 0 aromatic carbocycles. The molecule has 0 radical (unpaired) electrons. The van der Waals surface area contributed by atoms with Crippen LogP contribution in [0.4, 0.5) is 5.82 Å². The molecule has 7 heteroatoms. The molecule has 2 N–H and O–H groups in total. The fourth-order valence-corrected chi connectivity index (χ4v) is 1.95. The molecule has 0 amide bonds. The molecule has 2 heterocycles. The van der Waals surface area contributed by atoms with Gasteiger partial charge in [0.05, 0.1) is 6.10 Å². The molecule has 0 bridgehead atoms. The quantitative estimate of drug-likeness (QED) is 0.747. The number of rotatable bonds is 7. The molecular weight excluding hydrogens is 258 g/mol. The predicted molar refractivity (Wildman–Crippen MR) is 77.2 cm³/mol. The molecule has 2 aromatic heterocycles. The second kappa shape index (κ2) is 6.51. The number of aryl methyl sites for hydroxylation is 1. The fraction of sp³-hybridized carbons (Fsp3) is 0.615. The number of hydrogen-bond acceptors (Lipinski definition) is 5. The highest BCUT2D eigenvalue weighted by Gasteiger charge is 2.06. The van der Waals surface area contributed by atoms with Crippen LogP contribution in [0.15, 0.2) is 10.9 Å². The predicted octanol–water partition coefficient (Wildman–Crippen LogP) is 1.34. The highest BCUT2D eigenvalue weighted by molar-refractivity contribution is 5.49. The summed E-state index contributed by atoms with van der Waals surface area (Å²) in [6.45, 7) is 7.45. The third-order valence-corrected chi connectivity index (χ3v) is 2.90. The van der Waals surface area contributed by atoms with Crippen LogP contribution < -0.4 is 11.0 Å². The van der Waals surface area contributed by atoms with Crippen molar-refractivity contribution in [3.05, 3.63) is 22.4 Å². The van der Waals surface area contributed by atoms with E-state index in [1.165, 1.54) is 4.40 Å². The molecule has 20 heavy (non-hydrogen) atoms. The highest BCUT2D eigenvalue weighted by Crippen LogP contribution is 2.08. The minimum absolute atomic E-state index is 0.262. The number of ether oxygens (including phenoxy) is 1. The first-order valence-corrected chi connectivity index (χ1v) is 6.88. The van der Waals surface area contributed by atoms with Crippen molar-refractivity contribution in [1.82, 2.24) is 19.6 Å². The largest absolute Gasteiger partial charge is 0.379 e. The second-order valence-corrected chi connectivity index (χ2v) is 4.96. The van der Waals surface area contributed by atoms with Crippen molar-refractivity contribution >= 4 is 11.5 Å². The van der Waals surface area contributed by atoms with Crippen molar-refractivity contribution in [2.75, 3.05) is 18.5 Å². The van der Waals surface area contributed by atoms with Crippen molar-refractivity contribution in [3.63, 3.8) is 0 Å². The van der Waals surface area contributed by atoms with Crippen LogP contribution in [0.2, 0.25) is 0 Å². The summed E-state index contributed by atoms with van der Waals surface area (Å²) in [6, 6.07) is 1.76.